The van der Waals surface area contributed by atoms with Crippen molar-refractivity contribution in [2.45, 2.75) is 13.8 Å². The molecule has 0 aromatic heterocycles. The molecule has 0 unspecified atom stereocenters. The number of hydrogen-bond donors (Lipinski definition) is 0. The molecule has 0 heterocycles. The predicted octanol–water partition coefficient (Wildman–Crippen LogP) is -3.73. The molecule has 0 saturated carbocycles. The summed E-state index contributed by atoms with van der Waals surface area (Å²) in [6.45, 7) is 3.98. The Hall–Kier alpha value is 0.462. The van der Waals surface area contributed by atoms with Crippen molar-refractivity contribution in [3.63, 3.8) is 0 Å². The van der Waals surface area contributed by atoms with Crippen molar-refractivity contribution in [1.29, 1.82) is 0 Å². The molecular formula is C4H10BLiO5. The van der Waals surface area contributed by atoms with E-state index in [9.17, 15) is 5.02 Å². The second-order valence-corrected chi connectivity index (χ2v) is 1.29. The number of hydrogen-bond acceptors (Lipinski definition) is 5. The molecule has 0 aromatic carbocycles. The summed E-state index contributed by atoms with van der Waals surface area (Å²) in [6, 6.07) is 0. The van der Waals surface area contributed by atoms with Crippen LogP contribution in [0, 0.1) is 0 Å². The Bertz CT molecular complexity index is 67.5. The Kier molecular flexibility index (Phi) is 13.3. The minimum Gasteiger partial charge on any atom is -0.828 e. The van der Waals surface area contributed by atoms with Crippen LogP contribution in [-0.2, 0) is 19.4 Å². The molecule has 11 heavy (non-hydrogen) atoms. The minimum absolute atomic E-state index is 0. The van der Waals surface area contributed by atoms with E-state index < -0.39 is 7.32 Å². The van der Waals surface area contributed by atoms with Gasteiger partial charge < -0.3 is 5.02 Å². The Balaban J connectivity index is 0. The Morgan fingerprint density at radius 1 is 1.09 bits per heavy atom. The Morgan fingerprint density at radius 3 is 1.73 bits per heavy atom. The molecule has 0 aliphatic rings. The third-order valence-corrected chi connectivity index (χ3v) is 0.529. The Labute approximate surface area is 78.2 Å². The van der Waals surface area contributed by atoms with Crippen LogP contribution >= 0.6 is 0 Å². The summed E-state index contributed by atoms with van der Waals surface area (Å²) in [7, 11) is -1.72. The molecule has 0 N–H and O–H groups in total. The molecule has 0 bridgehead atoms. The van der Waals surface area contributed by atoms with Gasteiger partial charge in [-0.05, 0) is 13.8 Å². The first kappa shape index (κ1) is 14.0. The molecule has 0 atom stereocenters. The quantitative estimate of drug-likeness (QED) is 0.225. The van der Waals surface area contributed by atoms with Gasteiger partial charge in [0.1, 0.15) is 0 Å². The zero-order chi connectivity index (χ0) is 7.82. The maximum atomic E-state index is 10.3. The van der Waals surface area contributed by atoms with E-state index in [1.165, 1.54) is 0 Å². The van der Waals surface area contributed by atoms with Crippen molar-refractivity contribution in [2.24, 2.45) is 0 Å². The molecular weight excluding hydrogens is 146 g/mol. The van der Waals surface area contributed by atoms with Crippen molar-refractivity contribution in [3.8, 4) is 0 Å². The second-order valence-electron chi connectivity index (χ2n) is 1.29. The van der Waals surface area contributed by atoms with Crippen molar-refractivity contribution < 1.29 is 43.3 Å². The standard InChI is InChI=1S/C4H10BO5.Li/c1-3-7-9-5(6)10-8-4-2;/h3-4H2,1-2H3;/q-1;+1. The van der Waals surface area contributed by atoms with E-state index in [1.54, 1.807) is 13.8 Å². The zero-order valence-corrected chi connectivity index (χ0v) is 7.03. The van der Waals surface area contributed by atoms with Crippen LogP contribution in [0.3, 0.4) is 0 Å². The fourth-order valence-electron chi connectivity index (χ4n) is 0.263. The van der Waals surface area contributed by atoms with Gasteiger partial charge in [-0.1, -0.05) is 0 Å². The van der Waals surface area contributed by atoms with Crippen LogP contribution in [-0.4, -0.2) is 20.5 Å². The van der Waals surface area contributed by atoms with Gasteiger partial charge in [-0.3, -0.25) is 19.4 Å². The van der Waals surface area contributed by atoms with Gasteiger partial charge in [-0.2, -0.15) is 0 Å². The molecule has 0 amide bonds. The molecule has 5 nitrogen and oxygen atoms in total. The molecule has 0 aliphatic carbocycles. The minimum atomic E-state index is -1.72. The van der Waals surface area contributed by atoms with Crippen LogP contribution in [0.2, 0.25) is 0 Å². The summed E-state index contributed by atoms with van der Waals surface area (Å²) in [5, 5.41) is 10.3. The molecule has 0 fully saturated rings. The van der Waals surface area contributed by atoms with Gasteiger partial charge >= 0.3 is 26.2 Å². The first-order valence-electron chi connectivity index (χ1n) is 3.03. The molecule has 0 aliphatic heterocycles. The Morgan fingerprint density at radius 2 is 1.45 bits per heavy atom. The molecule has 0 saturated heterocycles. The van der Waals surface area contributed by atoms with Crippen LogP contribution < -0.4 is 23.9 Å². The largest absolute Gasteiger partial charge is 1.00 e. The van der Waals surface area contributed by atoms with Crippen molar-refractivity contribution in [1.82, 2.24) is 0 Å². The molecule has 7 heteroatoms. The van der Waals surface area contributed by atoms with Crippen molar-refractivity contribution in [3.05, 3.63) is 0 Å². The van der Waals surface area contributed by atoms with E-state index in [4.69, 9.17) is 0 Å². The predicted molar refractivity (Wildman–Crippen MR) is 31.2 cm³/mol. The van der Waals surface area contributed by atoms with Crippen LogP contribution in [0.5, 0.6) is 0 Å². The van der Waals surface area contributed by atoms with E-state index in [0.29, 0.717) is 13.2 Å². The van der Waals surface area contributed by atoms with Gasteiger partial charge in [0.15, 0.2) is 0 Å². The molecule has 0 radical (unpaired) electrons. The summed E-state index contributed by atoms with van der Waals surface area (Å²) in [4.78, 5) is 16.7. The smallest absolute Gasteiger partial charge is 0.828 e. The summed E-state index contributed by atoms with van der Waals surface area (Å²) >= 11 is 0. The topological polar surface area (TPSA) is 60.0 Å². The maximum Gasteiger partial charge on any atom is 1.00 e. The van der Waals surface area contributed by atoms with Gasteiger partial charge in [0.05, 0.1) is 13.2 Å². The first-order chi connectivity index (χ1) is 4.81. The van der Waals surface area contributed by atoms with E-state index in [-0.39, 0.29) is 18.9 Å². The summed E-state index contributed by atoms with van der Waals surface area (Å²) in [6.07, 6.45) is 0. The van der Waals surface area contributed by atoms with Gasteiger partial charge in [0.25, 0.3) is 0 Å². The monoisotopic (exact) mass is 156 g/mol. The van der Waals surface area contributed by atoms with Gasteiger partial charge in [0, 0.05) is 0 Å². The van der Waals surface area contributed by atoms with Crippen LogP contribution in [0.4, 0.5) is 0 Å². The fraction of sp³-hybridized carbons (Fsp3) is 1.00. The summed E-state index contributed by atoms with van der Waals surface area (Å²) < 4.78 is 0. The third-order valence-electron chi connectivity index (χ3n) is 0.529. The second kappa shape index (κ2) is 10.5. The molecule has 0 aromatic rings. The van der Waals surface area contributed by atoms with Gasteiger partial charge in [-0.15, -0.1) is 0 Å². The van der Waals surface area contributed by atoms with Crippen LogP contribution in [0.15, 0.2) is 0 Å². The van der Waals surface area contributed by atoms with Crippen LogP contribution in [0.1, 0.15) is 13.8 Å². The molecule has 0 spiro atoms. The van der Waals surface area contributed by atoms with Crippen LogP contribution in [0.25, 0.3) is 0 Å². The number of rotatable bonds is 6. The van der Waals surface area contributed by atoms with Crippen molar-refractivity contribution in [2.75, 3.05) is 13.2 Å². The van der Waals surface area contributed by atoms with Gasteiger partial charge in [0.2, 0.25) is 0 Å². The third kappa shape index (κ3) is 10.5. The van der Waals surface area contributed by atoms with E-state index in [1.807, 2.05) is 0 Å². The maximum absolute atomic E-state index is 10.3. The molecule has 60 valence electrons. The average molecular weight is 156 g/mol. The van der Waals surface area contributed by atoms with E-state index in [0.717, 1.165) is 0 Å². The average Bonchev–Trinajstić information content (AvgIpc) is 1.97. The summed E-state index contributed by atoms with van der Waals surface area (Å²) in [5.74, 6) is 0. The normalized spacial score (nSPS) is 9.00. The SMILES string of the molecule is CCOOB([O-])OOCC.[Li+]. The summed E-state index contributed by atoms with van der Waals surface area (Å²) in [5.41, 5.74) is 0. The first-order valence-corrected chi connectivity index (χ1v) is 3.03. The zero-order valence-electron chi connectivity index (χ0n) is 7.03. The van der Waals surface area contributed by atoms with Gasteiger partial charge in [-0.25, -0.2) is 0 Å². The van der Waals surface area contributed by atoms with Crippen molar-refractivity contribution >= 4 is 7.32 Å². The van der Waals surface area contributed by atoms with E-state index >= 15 is 0 Å². The molecule has 0 rings (SSSR count). The van der Waals surface area contributed by atoms with E-state index in [2.05, 4.69) is 19.4 Å². The fourth-order valence-corrected chi connectivity index (χ4v) is 0.263.